The summed E-state index contributed by atoms with van der Waals surface area (Å²) < 4.78 is 0. The number of rotatable bonds is 6. The molecule has 0 bridgehead atoms. The fraction of sp³-hybridized carbons (Fsp3) is 0.300. The lowest BCUT2D eigenvalue weighted by molar-refractivity contribution is 0.731. The minimum Gasteiger partial charge on any atom is -0.401 e. The molecule has 1 atom stereocenters. The van der Waals surface area contributed by atoms with E-state index in [1.54, 1.807) is 22.7 Å². The van der Waals surface area contributed by atoms with Crippen molar-refractivity contribution in [3.63, 3.8) is 0 Å². The van der Waals surface area contributed by atoms with Gasteiger partial charge in [-0.25, -0.2) is 15.8 Å². The Labute approximate surface area is 163 Å². The van der Waals surface area contributed by atoms with Crippen LogP contribution in [-0.4, -0.2) is 17.0 Å². The highest BCUT2D eigenvalue weighted by molar-refractivity contribution is 7.16. The molecule has 2 aromatic heterocycles. The van der Waals surface area contributed by atoms with Crippen molar-refractivity contribution >= 4 is 33.1 Å². The second-order valence-electron chi connectivity index (χ2n) is 7.03. The third-order valence-corrected chi connectivity index (χ3v) is 5.99. The van der Waals surface area contributed by atoms with Crippen molar-refractivity contribution in [2.75, 3.05) is 17.0 Å². The number of nitrogens with two attached hydrogens (primary N) is 2. The second kappa shape index (κ2) is 7.17. The molecule has 7 heteroatoms. The summed E-state index contributed by atoms with van der Waals surface area (Å²) in [5.74, 6) is 7.59. The summed E-state index contributed by atoms with van der Waals surface area (Å²) in [4.78, 5) is 12.0. The van der Waals surface area contributed by atoms with Crippen LogP contribution in [0.15, 0.2) is 53.9 Å². The van der Waals surface area contributed by atoms with E-state index in [4.69, 9.17) is 11.6 Å². The van der Waals surface area contributed by atoms with Crippen molar-refractivity contribution < 1.29 is 0 Å². The van der Waals surface area contributed by atoms with E-state index in [1.807, 2.05) is 23.7 Å². The fourth-order valence-corrected chi connectivity index (χ4v) is 3.87. The Balaban J connectivity index is 1.52. The number of allylic oxidation sites excluding steroid dienone is 1. The van der Waals surface area contributed by atoms with Crippen molar-refractivity contribution in [1.29, 1.82) is 0 Å². The summed E-state index contributed by atoms with van der Waals surface area (Å²) in [5.41, 5.74) is 9.02. The summed E-state index contributed by atoms with van der Waals surface area (Å²) in [5, 5.41) is 4.74. The average molecular weight is 381 g/mol. The van der Waals surface area contributed by atoms with Crippen LogP contribution in [0.25, 0.3) is 10.2 Å². The van der Waals surface area contributed by atoms with Gasteiger partial charge in [-0.1, -0.05) is 12.1 Å². The smallest absolute Gasteiger partial charge is 0.141 e. The van der Waals surface area contributed by atoms with Gasteiger partial charge in [0.15, 0.2) is 0 Å². The molecular formula is C20H24N6S. The summed E-state index contributed by atoms with van der Waals surface area (Å²) in [7, 11) is 2.06. The van der Waals surface area contributed by atoms with E-state index < -0.39 is 0 Å². The quantitative estimate of drug-likeness (QED) is 0.500. The Hall–Kier alpha value is -2.64. The Morgan fingerprint density at radius 1 is 1.22 bits per heavy atom. The lowest BCUT2D eigenvalue weighted by Crippen LogP contribution is -2.26. The van der Waals surface area contributed by atoms with Gasteiger partial charge in [-0.3, -0.25) is 5.01 Å². The molecule has 1 fully saturated rings. The normalized spacial score (nSPS) is 15.7. The van der Waals surface area contributed by atoms with Crippen LogP contribution in [0, 0.1) is 5.92 Å². The second-order valence-corrected chi connectivity index (χ2v) is 7.92. The number of hydrogen-bond donors (Lipinski definition) is 2. The van der Waals surface area contributed by atoms with Crippen LogP contribution < -0.4 is 21.5 Å². The van der Waals surface area contributed by atoms with E-state index >= 15 is 0 Å². The molecule has 0 saturated heterocycles. The van der Waals surface area contributed by atoms with E-state index in [0.29, 0.717) is 5.92 Å². The van der Waals surface area contributed by atoms with Gasteiger partial charge in [0, 0.05) is 24.9 Å². The highest BCUT2D eigenvalue weighted by Gasteiger charge is 2.24. The molecule has 3 aromatic rings. The van der Waals surface area contributed by atoms with Gasteiger partial charge in [-0.2, -0.15) is 0 Å². The van der Waals surface area contributed by atoms with Crippen LogP contribution in [0.2, 0.25) is 0 Å². The van der Waals surface area contributed by atoms with Crippen LogP contribution in [0.4, 0.5) is 11.5 Å². The number of anilines is 2. The molecule has 140 valence electrons. The third-order valence-electron chi connectivity index (χ3n) is 5.17. The topological polar surface area (TPSA) is 84.3 Å². The first-order valence-corrected chi connectivity index (χ1v) is 9.94. The molecule has 1 aromatic carbocycles. The van der Waals surface area contributed by atoms with Crippen molar-refractivity contribution in [2.24, 2.45) is 17.5 Å². The zero-order valence-electron chi connectivity index (χ0n) is 15.5. The van der Waals surface area contributed by atoms with Gasteiger partial charge in [-0.15, -0.1) is 11.3 Å². The van der Waals surface area contributed by atoms with Gasteiger partial charge in [-0.05, 0) is 48.9 Å². The predicted molar refractivity (Wildman–Crippen MR) is 112 cm³/mol. The van der Waals surface area contributed by atoms with Crippen LogP contribution >= 0.6 is 11.3 Å². The van der Waals surface area contributed by atoms with Crippen molar-refractivity contribution in [3.05, 3.63) is 59.5 Å². The Kier molecular flexibility index (Phi) is 4.72. The molecule has 1 aliphatic rings. The van der Waals surface area contributed by atoms with Gasteiger partial charge in [0.1, 0.15) is 17.0 Å². The maximum Gasteiger partial charge on any atom is 0.141 e. The highest BCUT2D eigenvalue weighted by atomic mass is 32.1. The van der Waals surface area contributed by atoms with Crippen molar-refractivity contribution in [1.82, 2.24) is 9.97 Å². The SMILES string of the molecule is CC(c1ccc(N(N)/C=C(\N)C2CC2)cc1)N(C)c1ncnc2sccc12. The average Bonchev–Trinajstić information content (AvgIpc) is 3.43. The van der Waals surface area contributed by atoms with E-state index in [0.717, 1.165) is 27.4 Å². The maximum atomic E-state index is 6.14. The van der Waals surface area contributed by atoms with Crippen LogP contribution in [-0.2, 0) is 0 Å². The van der Waals surface area contributed by atoms with E-state index in [9.17, 15) is 0 Å². The number of hydrazine groups is 1. The zero-order chi connectivity index (χ0) is 19.0. The molecule has 0 aliphatic heterocycles. The number of hydrogen-bond acceptors (Lipinski definition) is 7. The molecule has 0 radical (unpaired) electrons. The summed E-state index contributed by atoms with van der Waals surface area (Å²) in [6.07, 6.45) is 5.79. The molecule has 4 rings (SSSR count). The molecule has 6 nitrogen and oxygen atoms in total. The maximum absolute atomic E-state index is 6.14. The number of aromatic nitrogens is 2. The number of benzene rings is 1. The molecule has 2 heterocycles. The summed E-state index contributed by atoms with van der Waals surface area (Å²) >= 11 is 1.63. The first-order chi connectivity index (χ1) is 13.0. The Morgan fingerprint density at radius 3 is 2.67 bits per heavy atom. The Morgan fingerprint density at radius 2 is 1.96 bits per heavy atom. The minimum atomic E-state index is 0.162. The number of nitrogens with zero attached hydrogens (tertiary/aromatic N) is 4. The summed E-state index contributed by atoms with van der Waals surface area (Å²) in [6.45, 7) is 2.17. The zero-order valence-corrected chi connectivity index (χ0v) is 16.4. The van der Waals surface area contributed by atoms with Crippen LogP contribution in [0.5, 0.6) is 0 Å². The highest BCUT2D eigenvalue weighted by Crippen LogP contribution is 2.34. The van der Waals surface area contributed by atoms with Gasteiger partial charge >= 0.3 is 0 Å². The summed E-state index contributed by atoms with van der Waals surface area (Å²) in [6, 6.07) is 10.5. The van der Waals surface area contributed by atoms with Crippen molar-refractivity contribution in [3.8, 4) is 0 Å². The molecule has 4 N–H and O–H groups in total. The molecule has 1 aliphatic carbocycles. The van der Waals surface area contributed by atoms with Crippen LogP contribution in [0.3, 0.4) is 0 Å². The monoisotopic (exact) mass is 380 g/mol. The molecule has 1 saturated carbocycles. The number of thiophene rings is 1. The molecule has 1 unspecified atom stereocenters. The van der Waals surface area contributed by atoms with Gasteiger partial charge < -0.3 is 10.6 Å². The fourth-order valence-electron chi connectivity index (χ4n) is 3.15. The minimum absolute atomic E-state index is 0.162. The predicted octanol–water partition coefficient (Wildman–Crippen LogP) is 3.78. The van der Waals surface area contributed by atoms with E-state index in [-0.39, 0.29) is 6.04 Å². The standard InChI is InChI=1S/C20H24N6S/c1-13(25(2)19-17-9-10-27-20(17)24-12-23-19)14-5-7-16(8-6-14)26(22)11-18(21)15-3-4-15/h5-13,15H,3-4,21-22H2,1-2H3/b18-11-. The lowest BCUT2D eigenvalue weighted by Gasteiger charge is -2.27. The molecule has 27 heavy (non-hydrogen) atoms. The van der Waals surface area contributed by atoms with E-state index in [1.165, 1.54) is 18.4 Å². The lowest BCUT2D eigenvalue weighted by atomic mass is 10.1. The molecular weight excluding hydrogens is 356 g/mol. The molecule has 0 amide bonds. The Bertz CT molecular complexity index is 960. The van der Waals surface area contributed by atoms with Crippen molar-refractivity contribution in [2.45, 2.75) is 25.8 Å². The van der Waals surface area contributed by atoms with Crippen LogP contribution in [0.1, 0.15) is 31.4 Å². The van der Waals surface area contributed by atoms with E-state index in [2.05, 4.69) is 47.0 Å². The first kappa shape index (κ1) is 17.8. The van der Waals surface area contributed by atoms with Gasteiger partial charge in [0.05, 0.1) is 17.1 Å². The van der Waals surface area contributed by atoms with Gasteiger partial charge in [0.25, 0.3) is 0 Å². The number of fused-ring (bicyclic) bond motifs is 1. The first-order valence-electron chi connectivity index (χ1n) is 9.06. The molecule has 0 spiro atoms. The third kappa shape index (κ3) is 3.61. The van der Waals surface area contributed by atoms with Gasteiger partial charge in [0.2, 0.25) is 0 Å². The largest absolute Gasteiger partial charge is 0.401 e.